The molecule has 1 aromatic heterocycles. The topological polar surface area (TPSA) is 140 Å². The number of esters is 3. The van der Waals surface area contributed by atoms with E-state index in [4.69, 9.17) is 18.9 Å². The number of hydrogen-bond donors (Lipinski definition) is 1. The second-order valence-electron chi connectivity index (χ2n) is 6.73. The lowest BCUT2D eigenvalue weighted by Gasteiger charge is -2.29. The lowest BCUT2D eigenvalue weighted by atomic mass is 10.1. The molecule has 3 heterocycles. The van der Waals surface area contributed by atoms with Crippen LogP contribution >= 0.6 is 0 Å². The van der Waals surface area contributed by atoms with Crippen LogP contribution in [0.5, 0.6) is 0 Å². The van der Waals surface area contributed by atoms with E-state index in [-0.39, 0.29) is 18.8 Å². The fourth-order valence-electron chi connectivity index (χ4n) is 3.45. The molecule has 0 unspecified atom stereocenters. The molecule has 1 fully saturated rings. The minimum absolute atomic E-state index is 0.207. The average Bonchev–Trinajstić information content (AvgIpc) is 3.11. The van der Waals surface area contributed by atoms with Crippen molar-refractivity contribution in [2.24, 2.45) is 0 Å². The first-order chi connectivity index (χ1) is 13.7. The number of anilines is 2. The lowest BCUT2D eigenvalue weighted by molar-refractivity contribution is -0.165. The van der Waals surface area contributed by atoms with Gasteiger partial charge in [-0.3, -0.25) is 19.2 Å². The predicted octanol–water partition coefficient (Wildman–Crippen LogP) is -0.865. The Kier molecular flexibility index (Phi) is 5.73. The van der Waals surface area contributed by atoms with Crippen LogP contribution in [0.2, 0.25) is 0 Å². The molecule has 1 aromatic rings. The fraction of sp³-hybridized carbons (Fsp3) is 0.588. The lowest BCUT2D eigenvalue weighted by Crippen LogP contribution is -2.48. The van der Waals surface area contributed by atoms with Crippen molar-refractivity contribution in [1.29, 1.82) is 0 Å². The molecule has 0 radical (unpaired) electrons. The molecular weight excluding hydrogens is 388 g/mol. The van der Waals surface area contributed by atoms with Crippen LogP contribution in [0.1, 0.15) is 20.8 Å². The molecule has 0 bridgehead atoms. The van der Waals surface area contributed by atoms with Gasteiger partial charge in [0.25, 0.3) is 5.56 Å². The molecule has 12 heteroatoms. The van der Waals surface area contributed by atoms with Gasteiger partial charge in [0.05, 0.1) is 13.0 Å². The van der Waals surface area contributed by atoms with Crippen molar-refractivity contribution in [3.63, 3.8) is 0 Å². The zero-order valence-electron chi connectivity index (χ0n) is 16.4. The van der Waals surface area contributed by atoms with Gasteiger partial charge < -0.3 is 33.7 Å². The first-order valence-corrected chi connectivity index (χ1v) is 8.87. The van der Waals surface area contributed by atoms with Gasteiger partial charge in [-0.15, -0.1) is 0 Å². The van der Waals surface area contributed by atoms with Gasteiger partial charge in [0.2, 0.25) is 0 Å². The van der Waals surface area contributed by atoms with Crippen molar-refractivity contribution < 1.29 is 33.3 Å². The summed E-state index contributed by atoms with van der Waals surface area (Å²) in [5.74, 6) is -1.44. The first kappa shape index (κ1) is 20.6. The first-order valence-electron chi connectivity index (χ1n) is 8.87. The highest BCUT2D eigenvalue weighted by Crippen LogP contribution is 2.37. The molecule has 0 spiro atoms. The fourth-order valence-corrected chi connectivity index (χ4v) is 3.45. The van der Waals surface area contributed by atoms with Gasteiger partial charge >= 0.3 is 17.9 Å². The van der Waals surface area contributed by atoms with E-state index in [1.54, 1.807) is 16.8 Å². The molecule has 4 atom stereocenters. The predicted molar refractivity (Wildman–Crippen MR) is 97.0 cm³/mol. The van der Waals surface area contributed by atoms with Gasteiger partial charge in [-0.1, -0.05) is 0 Å². The summed E-state index contributed by atoms with van der Waals surface area (Å²) in [5, 5.41) is 0. The number of ether oxygens (including phenoxy) is 4. The minimum Gasteiger partial charge on any atom is -0.463 e. The minimum atomic E-state index is -1.03. The van der Waals surface area contributed by atoms with Crippen LogP contribution in [-0.4, -0.2) is 72.7 Å². The van der Waals surface area contributed by atoms with Gasteiger partial charge in [0, 0.05) is 27.8 Å². The summed E-state index contributed by atoms with van der Waals surface area (Å²) in [5.41, 5.74) is -0.0137. The highest BCUT2D eigenvalue weighted by molar-refractivity contribution is 5.72. The van der Waals surface area contributed by atoms with Crippen molar-refractivity contribution in [3.05, 3.63) is 16.7 Å². The normalized spacial score (nSPS) is 25.5. The number of aromatic nitrogens is 2. The van der Waals surface area contributed by atoms with Crippen LogP contribution in [0.3, 0.4) is 0 Å². The molecule has 0 saturated carbocycles. The van der Waals surface area contributed by atoms with E-state index < -0.39 is 42.4 Å². The van der Waals surface area contributed by atoms with Gasteiger partial charge in [-0.25, -0.2) is 4.98 Å². The van der Waals surface area contributed by atoms with Crippen LogP contribution in [0.15, 0.2) is 11.1 Å². The Balaban J connectivity index is 1.97. The van der Waals surface area contributed by atoms with Crippen LogP contribution in [0, 0.1) is 0 Å². The van der Waals surface area contributed by atoms with E-state index in [2.05, 4.69) is 9.97 Å². The molecule has 1 N–H and O–H groups in total. The van der Waals surface area contributed by atoms with Gasteiger partial charge in [0.15, 0.2) is 24.3 Å². The number of aromatic amines is 1. The zero-order chi connectivity index (χ0) is 21.3. The molecule has 0 amide bonds. The summed E-state index contributed by atoms with van der Waals surface area (Å²) >= 11 is 0. The number of carbonyl (C=O) groups excluding carboxylic acids is 3. The van der Waals surface area contributed by atoms with Crippen LogP contribution in [0.25, 0.3) is 0 Å². The Morgan fingerprint density at radius 2 is 1.83 bits per heavy atom. The van der Waals surface area contributed by atoms with Crippen LogP contribution in [0.4, 0.5) is 11.5 Å². The molecule has 3 rings (SSSR count). The summed E-state index contributed by atoms with van der Waals surface area (Å²) in [7, 11) is 1.70. The van der Waals surface area contributed by atoms with Gasteiger partial charge in [0.1, 0.15) is 18.4 Å². The van der Waals surface area contributed by atoms with Crippen LogP contribution in [-0.2, 0) is 33.3 Å². The largest absolute Gasteiger partial charge is 0.463 e. The van der Waals surface area contributed by atoms with E-state index in [9.17, 15) is 19.2 Å². The standard InChI is InChI=1S/C17H22N4O8/c1-8(22)26-5-11-13(27-9(2)23)14(28-10(3)24)17(29-11)21-7-20(4)12-15(21)18-6-19-16(12)25/h6,11,13-14,17H,5,7H2,1-4H3,(H,18,19,25)/t11-,13-,14-,17-/m1/s1. The van der Waals surface area contributed by atoms with Crippen molar-refractivity contribution in [3.8, 4) is 0 Å². The van der Waals surface area contributed by atoms with Gasteiger partial charge in [-0.05, 0) is 0 Å². The number of nitrogens with zero attached hydrogens (tertiary/aromatic N) is 3. The third-order valence-electron chi connectivity index (χ3n) is 4.48. The Bertz CT molecular complexity index is 871. The molecule has 12 nitrogen and oxygen atoms in total. The Morgan fingerprint density at radius 1 is 1.17 bits per heavy atom. The Morgan fingerprint density at radius 3 is 2.45 bits per heavy atom. The number of H-pyrrole nitrogens is 1. The molecule has 0 aromatic carbocycles. The molecule has 158 valence electrons. The summed E-state index contributed by atoms with van der Waals surface area (Å²) in [6.07, 6.45) is -2.60. The second kappa shape index (κ2) is 8.07. The van der Waals surface area contributed by atoms with E-state index in [1.807, 2.05) is 0 Å². The number of rotatable bonds is 5. The molecule has 29 heavy (non-hydrogen) atoms. The second-order valence-corrected chi connectivity index (χ2v) is 6.73. The molecule has 1 saturated heterocycles. The molecule has 2 aliphatic rings. The number of nitrogens with one attached hydrogen (secondary N) is 1. The molecular formula is C17H22N4O8. The van der Waals surface area contributed by atoms with Crippen molar-refractivity contribution in [2.75, 3.05) is 30.1 Å². The third kappa shape index (κ3) is 4.16. The van der Waals surface area contributed by atoms with Gasteiger partial charge in [-0.2, -0.15) is 0 Å². The maximum absolute atomic E-state index is 12.2. The van der Waals surface area contributed by atoms with Crippen molar-refractivity contribution in [2.45, 2.75) is 45.3 Å². The van der Waals surface area contributed by atoms with Crippen LogP contribution < -0.4 is 15.4 Å². The molecule has 0 aliphatic carbocycles. The van der Waals surface area contributed by atoms with E-state index in [0.717, 1.165) is 0 Å². The Hall–Kier alpha value is -3.15. The maximum Gasteiger partial charge on any atom is 0.303 e. The van der Waals surface area contributed by atoms with E-state index in [0.29, 0.717) is 11.5 Å². The third-order valence-corrected chi connectivity index (χ3v) is 4.48. The van der Waals surface area contributed by atoms with Crippen molar-refractivity contribution >= 4 is 29.4 Å². The maximum atomic E-state index is 12.2. The molecule has 2 aliphatic heterocycles. The summed E-state index contributed by atoms with van der Waals surface area (Å²) in [6, 6.07) is 0. The quantitative estimate of drug-likeness (QED) is 0.478. The van der Waals surface area contributed by atoms with E-state index in [1.165, 1.54) is 27.1 Å². The summed E-state index contributed by atoms with van der Waals surface area (Å²) in [6.45, 7) is 3.67. The SMILES string of the molecule is CC(=O)OC[C@H]1O[C@@H](N2CN(C)c3c2nc[nH]c3=O)[C@H](OC(C)=O)[C@@H]1OC(C)=O. The zero-order valence-corrected chi connectivity index (χ0v) is 16.4. The number of fused-ring (bicyclic) bond motifs is 1. The Labute approximate surface area is 165 Å². The highest BCUT2D eigenvalue weighted by Gasteiger charge is 2.53. The summed E-state index contributed by atoms with van der Waals surface area (Å²) < 4.78 is 21.7. The monoisotopic (exact) mass is 410 g/mol. The summed E-state index contributed by atoms with van der Waals surface area (Å²) in [4.78, 5) is 56.8. The smallest absolute Gasteiger partial charge is 0.303 e. The number of carbonyl (C=O) groups is 3. The van der Waals surface area contributed by atoms with E-state index >= 15 is 0 Å². The average molecular weight is 410 g/mol. The number of hydrogen-bond acceptors (Lipinski definition) is 11. The highest BCUT2D eigenvalue weighted by atomic mass is 16.7. The van der Waals surface area contributed by atoms with Crippen molar-refractivity contribution in [1.82, 2.24) is 9.97 Å².